The largest absolute Gasteiger partial charge is 0.378 e. The summed E-state index contributed by atoms with van der Waals surface area (Å²) in [6, 6.07) is 0. The van der Waals surface area contributed by atoms with Gasteiger partial charge in [0.2, 0.25) is 5.91 Å². The second kappa shape index (κ2) is 5.84. The lowest BCUT2D eigenvalue weighted by Gasteiger charge is -2.39. The standard InChI is InChI=1S/C11H20N2O2.ClH/c1-11(4-2-3-5-12-11)10(14)13-6-8-15-9-7-13;/h12H,2-9H2,1H3;1H. The molecule has 94 valence electrons. The fourth-order valence-corrected chi connectivity index (χ4v) is 2.35. The van der Waals surface area contributed by atoms with Gasteiger partial charge in [-0.1, -0.05) is 0 Å². The predicted molar refractivity (Wildman–Crippen MR) is 64.9 cm³/mol. The molecule has 2 saturated heterocycles. The Morgan fingerprint density at radius 3 is 2.56 bits per heavy atom. The van der Waals surface area contributed by atoms with E-state index in [1.165, 1.54) is 6.42 Å². The van der Waals surface area contributed by atoms with Crippen LogP contribution in [0, 0.1) is 0 Å². The predicted octanol–water partition coefficient (Wildman–Crippen LogP) is 0.799. The molecular weight excluding hydrogens is 228 g/mol. The van der Waals surface area contributed by atoms with Gasteiger partial charge in [-0.2, -0.15) is 0 Å². The van der Waals surface area contributed by atoms with E-state index < -0.39 is 0 Å². The molecule has 0 aromatic heterocycles. The zero-order chi connectivity index (χ0) is 10.7. The molecule has 1 unspecified atom stereocenters. The van der Waals surface area contributed by atoms with E-state index in [2.05, 4.69) is 5.32 Å². The normalized spacial score (nSPS) is 30.7. The molecule has 0 aliphatic carbocycles. The van der Waals surface area contributed by atoms with Crippen molar-refractivity contribution in [3.8, 4) is 0 Å². The number of nitrogens with zero attached hydrogens (tertiary/aromatic N) is 1. The summed E-state index contributed by atoms with van der Waals surface area (Å²) in [5.74, 6) is 0.255. The minimum Gasteiger partial charge on any atom is -0.378 e. The molecule has 0 aromatic carbocycles. The average molecular weight is 249 g/mol. The van der Waals surface area contributed by atoms with Gasteiger partial charge in [0.15, 0.2) is 0 Å². The molecule has 2 aliphatic rings. The summed E-state index contributed by atoms with van der Waals surface area (Å²) in [6.45, 7) is 5.85. The average Bonchev–Trinajstić information content (AvgIpc) is 2.30. The van der Waals surface area contributed by atoms with Gasteiger partial charge in [-0.05, 0) is 32.7 Å². The first-order valence-corrected chi connectivity index (χ1v) is 5.84. The first kappa shape index (κ1) is 13.7. The van der Waals surface area contributed by atoms with Crippen LogP contribution in [-0.2, 0) is 9.53 Å². The van der Waals surface area contributed by atoms with Gasteiger partial charge in [-0.3, -0.25) is 4.79 Å². The summed E-state index contributed by atoms with van der Waals surface area (Å²) in [4.78, 5) is 14.2. The Hall–Kier alpha value is -0.320. The van der Waals surface area contributed by atoms with Crippen molar-refractivity contribution in [2.45, 2.75) is 31.7 Å². The third-order valence-electron chi connectivity index (χ3n) is 3.39. The first-order chi connectivity index (χ1) is 7.22. The molecule has 1 amide bonds. The number of rotatable bonds is 1. The maximum absolute atomic E-state index is 12.3. The minimum absolute atomic E-state index is 0. The first-order valence-electron chi connectivity index (χ1n) is 5.84. The molecule has 1 N–H and O–H groups in total. The summed E-state index contributed by atoms with van der Waals surface area (Å²) in [7, 11) is 0. The van der Waals surface area contributed by atoms with E-state index in [1.807, 2.05) is 11.8 Å². The van der Waals surface area contributed by atoms with Gasteiger partial charge in [0, 0.05) is 13.1 Å². The maximum atomic E-state index is 12.3. The molecule has 16 heavy (non-hydrogen) atoms. The topological polar surface area (TPSA) is 41.6 Å². The van der Waals surface area contributed by atoms with Gasteiger partial charge >= 0.3 is 0 Å². The molecule has 0 spiro atoms. The van der Waals surface area contributed by atoms with Crippen LogP contribution < -0.4 is 5.32 Å². The van der Waals surface area contributed by atoms with Crippen molar-refractivity contribution >= 4 is 18.3 Å². The summed E-state index contributed by atoms with van der Waals surface area (Å²) in [5.41, 5.74) is -0.324. The maximum Gasteiger partial charge on any atom is 0.242 e. The smallest absolute Gasteiger partial charge is 0.242 e. The number of carbonyl (C=O) groups is 1. The number of ether oxygens (including phenoxy) is 1. The van der Waals surface area contributed by atoms with Crippen molar-refractivity contribution < 1.29 is 9.53 Å². The fourth-order valence-electron chi connectivity index (χ4n) is 2.35. The Balaban J connectivity index is 0.00000128. The number of piperidine rings is 1. The van der Waals surface area contributed by atoms with Gasteiger partial charge in [0.05, 0.1) is 18.8 Å². The van der Waals surface area contributed by atoms with Gasteiger partial charge in [-0.15, -0.1) is 12.4 Å². The van der Waals surface area contributed by atoms with Gasteiger partial charge in [-0.25, -0.2) is 0 Å². The van der Waals surface area contributed by atoms with Crippen LogP contribution in [0.4, 0.5) is 0 Å². The molecule has 2 aliphatic heterocycles. The Bertz CT molecular complexity index is 236. The van der Waals surface area contributed by atoms with Crippen LogP contribution in [0.15, 0.2) is 0 Å². The number of nitrogens with one attached hydrogen (secondary N) is 1. The Kier molecular flexibility index (Phi) is 5.02. The minimum atomic E-state index is -0.324. The van der Waals surface area contributed by atoms with E-state index in [4.69, 9.17) is 4.74 Å². The van der Waals surface area contributed by atoms with Gasteiger partial charge in [0.25, 0.3) is 0 Å². The molecule has 4 nitrogen and oxygen atoms in total. The van der Waals surface area contributed by atoms with Crippen LogP contribution in [0.3, 0.4) is 0 Å². The molecule has 1 atom stereocenters. The van der Waals surface area contributed by atoms with Crippen molar-refractivity contribution in [2.75, 3.05) is 32.8 Å². The van der Waals surface area contributed by atoms with Crippen LogP contribution >= 0.6 is 12.4 Å². The number of halogens is 1. The van der Waals surface area contributed by atoms with Crippen molar-refractivity contribution in [2.24, 2.45) is 0 Å². The number of morpholine rings is 1. The van der Waals surface area contributed by atoms with E-state index in [-0.39, 0.29) is 23.9 Å². The van der Waals surface area contributed by atoms with E-state index in [9.17, 15) is 4.79 Å². The molecule has 5 heteroatoms. The Morgan fingerprint density at radius 1 is 1.31 bits per heavy atom. The van der Waals surface area contributed by atoms with Crippen molar-refractivity contribution in [3.63, 3.8) is 0 Å². The summed E-state index contributed by atoms with van der Waals surface area (Å²) < 4.78 is 5.26. The molecular formula is C11H21ClN2O2. The Labute approximate surface area is 103 Å². The van der Waals surface area contributed by atoms with Crippen molar-refractivity contribution in [1.29, 1.82) is 0 Å². The quantitative estimate of drug-likeness (QED) is 0.747. The molecule has 2 rings (SSSR count). The highest BCUT2D eigenvalue weighted by Gasteiger charge is 2.37. The zero-order valence-electron chi connectivity index (χ0n) is 9.83. The van der Waals surface area contributed by atoms with E-state index in [1.54, 1.807) is 0 Å². The summed E-state index contributed by atoms with van der Waals surface area (Å²) in [6.07, 6.45) is 3.30. The number of hydrogen-bond acceptors (Lipinski definition) is 3. The molecule has 0 radical (unpaired) electrons. The monoisotopic (exact) mass is 248 g/mol. The van der Waals surface area contributed by atoms with Gasteiger partial charge < -0.3 is 15.0 Å². The fraction of sp³-hybridized carbons (Fsp3) is 0.909. The zero-order valence-corrected chi connectivity index (χ0v) is 10.6. The van der Waals surface area contributed by atoms with Crippen LogP contribution in [0.25, 0.3) is 0 Å². The molecule has 2 heterocycles. The molecule has 2 fully saturated rings. The van der Waals surface area contributed by atoms with Crippen LogP contribution in [0.5, 0.6) is 0 Å². The van der Waals surface area contributed by atoms with E-state index in [0.717, 1.165) is 32.5 Å². The van der Waals surface area contributed by atoms with E-state index >= 15 is 0 Å². The second-order valence-electron chi connectivity index (χ2n) is 4.62. The van der Waals surface area contributed by atoms with Crippen molar-refractivity contribution in [1.82, 2.24) is 10.2 Å². The highest BCUT2D eigenvalue weighted by atomic mass is 35.5. The lowest BCUT2D eigenvalue weighted by molar-refractivity contribution is -0.142. The SMILES string of the molecule is CC1(C(=O)N2CCOCC2)CCCCN1.Cl. The van der Waals surface area contributed by atoms with Gasteiger partial charge in [0.1, 0.15) is 0 Å². The third-order valence-corrected chi connectivity index (χ3v) is 3.39. The second-order valence-corrected chi connectivity index (χ2v) is 4.62. The number of amides is 1. The summed E-state index contributed by atoms with van der Waals surface area (Å²) in [5, 5.41) is 3.36. The van der Waals surface area contributed by atoms with E-state index in [0.29, 0.717) is 13.2 Å². The highest BCUT2D eigenvalue weighted by molar-refractivity contribution is 5.86. The third kappa shape index (κ3) is 2.87. The molecule has 0 bridgehead atoms. The highest BCUT2D eigenvalue weighted by Crippen LogP contribution is 2.21. The Morgan fingerprint density at radius 2 is 2.00 bits per heavy atom. The number of hydrogen-bond donors (Lipinski definition) is 1. The van der Waals surface area contributed by atoms with Crippen LogP contribution in [0.1, 0.15) is 26.2 Å². The lowest BCUT2D eigenvalue weighted by Crippen LogP contribution is -2.59. The molecule has 0 saturated carbocycles. The molecule has 0 aromatic rings. The van der Waals surface area contributed by atoms with Crippen LogP contribution in [0.2, 0.25) is 0 Å². The number of carbonyl (C=O) groups excluding carboxylic acids is 1. The van der Waals surface area contributed by atoms with Crippen molar-refractivity contribution in [3.05, 3.63) is 0 Å². The van der Waals surface area contributed by atoms with Crippen LogP contribution in [-0.4, -0.2) is 49.2 Å². The summed E-state index contributed by atoms with van der Waals surface area (Å²) >= 11 is 0. The lowest BCUT2D eigenvalue weighted by atomic mass is 9.89.